The van der Waals surface area contributed by atoms with Crippen molar-refractivity contribution in [3.8, 4) is 11.5 Å². The Bertz CT molecular complexity index is 1050. The molecule has 2 aliphatic heterocycles. The van der Waals surface area contributed by atoms with Crippen LogP contribution in [0.5, 0.6) is 11.5 Å². The molecule has 2 aliphatic rings. The molecule has 32 heavy (non-hydrogen) atoms. The van der Waals surface area contributed by atoms with Gasteiger partial charge in [0.05, 0.1) is 10.6 Å². The minimum absolute atomic E-state index is 0.0374. The smallest absolute Gasteiger partial charge is 0.243 e. The first kappa shape index (κ1) is 23.1. The van der Waals surface area contributed by atoms with Gasteiger partial charge in [-0.25, -0.2) is 8.42 Å². The summed E-state index contributed by atoms with van der Waals surface area (Å²) in [7, 11) is -3.67. The summed E-state index contributed by atoms with van der Waals surface area (Å²) in [4.78, 5) is 14.4. The number of rotatable bonds is 8. The van der Waals surface area contributed by atoms with E-state index in [2.05, 4.69) is 22.4 Å². The van der Waals surface area contributed by atoms with Crippen LogP contribution in [0.4, 0.5) is 5.13 Å². The summed E-state index contributed by atoms with van der Waals surface area (Å²) in [5.41, 5.74) is 0. The van der Waals surface area contributed by atoms with E-state index in [1.165, 1.54) is 39.5 Å². The van der Waals surface area contributed by atoms with Crippen molar-refractivity contribution in [1.29, 1.82) is 0 Å². The summed E-state index contributed by atoms with van der Waals surface area (Å²) in [6.45, 7) is 4.94. The van der Waals surface area contributed by atoms with Crippen LogP contribution in [-0.4, -0.2) is 85.4 Å². The maximum atomic E-state index is 13.0. The van der Waals surface area contributed by atoms with Crippen LogP contribution in [0.1, 0.15) is 13.3 Å². The number of benzene rings is 1. The second-order valence-electron chi connectivity index (χ2n) is 7.18. The Kier molecular flexibility index (Phi) is 7.38. The Morgan fingerprint density at radius 2 is 1.91 bits per heavy atom. The zero-order chi connectivity index (χ0) is 22.6. The monoisotopic (exact) mass is 499 g/mol. The number of anilines is 1. The van der Waals surface area contributed by atoms with E-state index in [4.69, 9.17) is 9.47 Å². The molecule has 3 heterocycles. The largest absolute Gasteiger partial charge is 0.486 e. The van der Waals surface area contributed by atoms with Crippen molar-refractivity contribution in [2.75, 3.05) is 57.0 Å². The lowest BCUT2D eigenvalue weighted by molar-refractivity contribution is -0.129. The Labute approximate surface area is 195 Å². The normalized spacial score (nSPS) is 16.7. The van der Waals surface area contributed by atoms with Gasteiger partial charge in [0.25, 0.3) is 0 Å². The van der Waals surface area contributed by atoms with Crippen LogP contribution in [0.2, 0.25) is 0 Å². The lowest BCUT2D eigenvalue weighted by Gasteiger charge is -2.34. The van der Waals surface area contributed by atoms with E-state index < -0.39 is 10.0 Å². The van der Waals surface area contributed by atoms with E-state index in [1.54, 1.807) is 11.0 Å². The highest BCUT2D eigenvalue weighted by Gasteiger charge is 2.31. The second kappa shape index (κ2) is 10.2. The Hall–Kier alpha value is -2.09. The van der Waals surface area contributed by atoms with Gasteiger partial charge < -0.3 is 19.7 Å². The van der Waals surface area contributed by atoms with Crippen LogP contribution in [0.25, 0.3) is 0 Å². The van der Waals surface area contributed by atoms with Crippen molar-refractivity contribution < 1.29 is 22.7 Å². The third-order valence-corrected chi connectivity index (χ3v) is 8.89. The zero-order valence-electron chi connectivity index (χ0n) is 17.7. The average Bonchev–Trinajstić information content (AvgIpc) is 3.28. The first-order chi connectivity index (χ1) is 15.5. The predicted molar refractivity (Wildman–Crippen MR) is 122 cm³/mol. The molecule has 0 radical (unpaired) electrons. The molecule has 0 bridgehead atoms. The quantitative estimate of drug-likeness (QED) is 0.543. The fraction of sp³-hybridized carbons (Fsp3) is 0.526. The number of thioether (sulfide) groups is 1. The van der Waals surface area contributed by atoms with Crippen LogP contribution in [0.15, 0.2) is 27.4 Å². The number of nitrogens with one attached hydrogen (secondary N) is 1. The van der Waals surface area contributed by atoms with Gasteiger partial charge in [0, 0.05) is 38.8 Å². The van der Waals surface area contributed by atoms with Crippen LogP contribution in [0.3, 0.4) is 0 Å². The SMILES string of the molecule is CCCNc1nnc(SCC(=O)N2CCN(S(=O)(=O)c3ccc4c(c3)OCCO4)CC2)s1. The predicted octanol–water partition coefficient (Wildman–Crippen LogP) is 1.76. The Morgan fingerprint density at radius 1 is 1.16 bits per heavy atom. The van der Waals surface area contributed by atoms with Gasteiger partial charge in [0.1, 0.15) is 13.2 Å². The van der Waals surface area contributed by atoms with Crippen molar-refractivity contribution in [3.05, 3.63) is 18.2 Å². The van der Waals surface area contributed by atoms with E-state index in [0.717, 1.165) is 22.4 Å². The van der Waals surface area contributed by atoms with Gasteiger partial charge in [-0.05, 0) is 18.6 Å². The van der Waals surface area contributed by atoms with Crippen molar-refractivity contribution in [2.24, 2.45) is 0 Å². The molecule has 2 aromatic rings. The summed E-state index contributed by atoms with van der Waals surface area (Å²) < 4.78 is 39.2. The number of hydrogen-bond donors (Lipinski definition) is 1. The van der Waals surface area contributed by atoms with E-state index in [9.17, 15) is 13.2 Å². The van der Waals surface area contributed by atoms with Crippen molar-refractivity contribution in [2.45, 2.75) is 22.6 Å². The highest BCUT2D eigenvalue weighted by Crippen LogP contribution is 2.33. The van der Waals surface area contributed by atoms with E-state index >= 15 is 0 Å². The van der Waals surface area contributed by atoms with Gasteiger partial charge in [-0.3, -0.25) is 4.79 Å². The summed E-state index contributed by atoms with van der Waals surface area (Å²) >= 11 is 2.77. The maximum Gasteiger partial charge on any atom is 0.243 e. The number of sulfonamides is 1. The van der Waals surface area contributed by atoms with Crippen LogP contribution in [0, 0.1) is 0 Å². The summed E-state index contributed by atoms with van der Waals surface area (Å²) in [5.74, 6) is 1.20. The minimum Gasteiger partial charge on any atom is -0.486 e. The van der Waals surface area contributed by atoms with Gasteiger partial charge in [0.15, 0.2) is 15.8 Å². The molecule has 10 nitrogen and oxygen atoms in total. The first-order valence-corrected chi connectivity index (χ1v) is 13.6. The van der Waals surface area contributed by atoms with Gasteiger partial charge >= 0.3 is 0 Å². The molecule has 0 saturated carbocycles. The number of hydrogen-bond acceptors (Lipinski definition) is 10. The highest BCUT2D eigenvalue weighted by atomic mass is 32.2. The van der Waals surface area contributed by atoms with Crippen LogP contribution >= 0.6 is 23.1 Å². The Morgan fingerprint density at radius 3 is 2.66 bits per heavy atom. The molecule has 0 spiro atoms. The zero-order valence-corrected chi connectivity index (χ0v) is 20.1. The molecule has 1 fully saturated rings. The number of amides is 1. The van der Waals surface area contributed by atoms with Crippen molar-refractivity contribution >= 4 is 44.2 Å². The number of carbonyl (C=O) groups is 1. The third-order valence-electron chi connectivity index (χ3n) is 4.99. The van der Waals surface area contributed by atoms with Gasteiger partial charge in [-0.2, -0.15) is 4.31 Å². The lowest BCUT2D eigenvalue weighted by Crippen LogP contribution is -2.50. The highest BCUT2D eigenvalue weighted by molar-refractivity contribution is 8.01. The number of ether oxygens (including phenoxy) is 2. The number of piperazine rings is 1. The fourth-order valence-corrected chi connectivity index (χ4v) is 6.42. The molecule has 1 amide bonds. The van der Waals surface area contributed by atoms with E-state index in [0.29, 0.717) is 37.8 Å². The Balaban J connectivity index is 1.29. The molecule has 1 aromatic heterocycles. The minimum atomic E-state index is -3.67. The summed E-state index contributed by atoms with van der Waals surface area (Å²) in [6.07, 6.45) is 0.997. The van der Waals surface area contributed by atoms with Crippen LogP contribution < -0.4 is 14.8 Å². The maximum absolute atomic E-state index is 13.0. The van der Waals surface area contributed by atoms with Crippen molar-refractivity contribution in [1.82, 2.24) is 19.4 Å². The average molecular weight is 500 g/mol. The van der Waals surface area contributed by atoms with Gasteiger partial charge in [0.2, 0.25) is 21.1 Å². The van der Waals surface area contributed by atoms with Crippen molar-refractivity contribution in [3.63, 3.8) is 0 Å². The fourth-order valence-electron chi connectivity index (χ4n) is 3.30. The molecule has 1 saturated heterocycles. The first-order valence-electron chi connectivity index (χ1n) is 10.3. The third kappa shape index (κ3) is 5.27. The molecule has 13 heteroatoms. The molecule has 0 aliphatic carbocycles. The molecule has 4 rings (SSSR count). The molecule has 0 atom stereocenters. The number of fused-ring (bicyclic) bond motifs is 1. The topological polar surface area (TPSA) is 114 Å². The van der Waals surface area contributed by atoms with E-state index in [-0.39, 0.29) is 29.6 Å². The number of aromatic nitrogens is 2. The van der Waals surface area contributed by atoms with Gasteiger partial charge in [-0.1, -0.05) is 30.0 Å². The summed E-state index contributed by atoms with van der Waals surface area (Å²) in [5, 5.41) is 12.1. The van der Waals surface area contributed by atoms with Gasteiger partial charge in [-0.15, -0.1) is 10.2 Å². The molecular weight excluding hydrogens is 474 g/mol. The number of carbonyl (C=O) groups excluding carboxylic acids is 1. The molecule has 1 N–H and O–H groups in total. The summed E-state index contributed by atoms with van der Waals surface area (Å²) in [6, 6.07) is 4.65. The molecular formula is C19H25N5O5S3. The lowest BCUT2D eigenvalue weighted by atomic mass is 10.3. The van der Waals surface area contributed by atoms with Crippen LogP contribution in [-0.2, 0) is 14.8 Å². The molecule has 174 valence electrons. The molecule has 1 aromatic carbocycles. The standard InChI is InChI=1S/C19H25N5O5S3/c1-2-5-20-18-21-22-19(31-18)30-13-17(25)23-6-8-24(9-7-23)32(26,27)14-3-4-15-16(12-14)29-11-10-28-15/h3-4,12H,2,5-11,13H2,1H3,(H,20,21). The number of nitrogens with zero attached hydrogens (tertiary/aromatic N) is 4. The van der Waals surface area contributed by atoms with E-state index in [1.807, 2.05) is 0 Å². The second-order valence-corrected chi connectivity index (χ2v) is 11.3. The molecule has 0 unspecified atom stereocenters.